The number of rotatable bonds is 7. The first kappa shape index (κ1) is 17.9. The number of hydrogen-bond acceptors (Lipinski definition) is 5. The predicted octanol–water partition coefficient (Wildman–Crippen LogP) is 4.67. The van der Waals surface area contributed by atoms with Gasteiger partial charge in [-0.25, -0.2) is 4.98 Å². The standard InChI is InChI=1S/C21H25N5/c1-4-16(3)24-21-25-19(18-7-5-6-12-22-18)13-20(26-21)23-14-17-10-8-15(2)9-11-17/h5-13,16H,4,14H2,1-3H3,(H2,23,24,25,26)/t16-/m1/s1. The Labute approximate surface area is 154 Å². The minimum atomic E-state index is 0.305. The monoisotopic (exact) mass is 347 g/mol. The van der Waals surface area contributed by atoms with Gasteiger partial charge in [0.1, 0.15) is 5.82 Å². The van der Waals surface area contributed by atoms with Crippen molar-refractivity contribution in [2.24, 2.45) is 0 Å². The Bertz CT molecular complexity index is 831. The maximum absolute atomic E-state index is 4.63. The maximum Gasteiger partial charge on any atom is 0.225 e. The van der Waals surface area contributed by atoms with Crippen molar-refractivity contribution in [3.05, 3.63) is 65.9 Å². The molecular weight excluding hydrogens is 322 g/mol. The number of anilines is 2. The van der Waals surface area contributed by atoms with Gasteiger partial charge >= 0.3 is 0 Å². The van der Waals surface area contributed by atoms with Gasteiger partial charge in [-0.05, 0) is 38.0 Å². The molecule has 0 saturated carbocycles. The molecule has 5 heteroatoms. The van der Waals surface area contributed by atoms with E-state index < -0.39 is 0 Å². The largest absolute Gasteiger partial charge is 0.366 e. The van der Waals surface area contributed by atoms with Gasteiger partial charge in [0.25, 0.3) is 0 Å². The average Bonchev–Trinajstić information content (AvgIpc) is 2.68. The molecule has 2 heterocycles. The lowest BCUT2D eigenvalue weighted by Crippen LogP contribution is -2.16. The second-order valence-electron chi connectivity index (χ2n) is 6.47. The van der Waals surface area contributed by atoms with Gasteiger partial charge in [-0.3, -0.25) is 4.98 Å². The molecule has 0 aliphatic rings. The summed E-state index contributed by atoms with van der Waals surface area (Å²) >= 11 is 0. The number of pyridine rings is 1. The maximum atomic E-state index is 4.63. The van der Waals surface area contributed by atoms with Crippen LogP contribution in [0.25, 0.3) is 11.4 Å². The lowest BCUT2D eigenvalue weighted by Gasteiger charge is -2.14. The Kier molecular flexibility index (Phi) is 5.79. The molecule has 0 saturated heterocycles. The van der Waals surface area contributed by atoms with E-state index in [1.165, 1.54) is 11.1 Å². The van der Waals surface area contributed by atoms with E-state index >= 15 is 0 Å². The molecule has 0 aliphatic carbocycles. The number of aromatic nitrogens is 3. The fourth-order valence-corrected chi connectivity index (χ4v) is 2.47. The molecule has 3 rings (SSSR count). The Balaban J connectivity index is 1.85. The van der Waals surface area contributed by atoms with Crippen LogP contribution in [-0.4, -0.2) is 21.0 Å². The van der Waals surface area contributed by atoms with Gasteiger partial charge in [0.15, 0.2) is 0 Å². The predicted molar refractivity (Wildman–Crippen MR) is 107 cm³/mol. The van der Waals surface area contributed by atoms with Crippen LogP contribution in [0.2, 0.25) is 0 Å². The lowest BCUT2D eigenvalue weighted by atomic mass is 10.1. The molecule has 0 fully saturated rings. The SMILES string of the molecule is CC[C@@H](C)Nc1nc(NCc2ccc(C)cc2)cc(-c2ccccn2)n1. The molecule has 0 spiro atoms. The fraction of sp³-hybridized carbons (Fsp3) is 0.286. The number of benzene rings is 1. The van der Waals surface area contributed by atoms with E-state index in [1.54, 1.807) is 6.20 Å². The van der Waals surface area contributed by atoms with Crippen LogP contribution >= 0.6 is 0 Å². The van der Waals surface area contributed by atoms with Crippen molar-refractivity contribution in [1.29, 1.82) is 0 Å². The second-order valence-corrected chi connectivity index (χ2v) is 6.47. The van der Waals surface area contributed by atoms with Crippen molar-refractivity contribution in [2.45, 2.75) is 39.8 Å². The summed E-state index contributed by atoms with van der Waals surface area (Å²) in [6.45, 7) is 7.06. The van der Waals surface area contributed by atoms with Gasteiger partial charge in [-0.2, -0.15) is 4.98 Å². The highest BCUT2D eigenvalue weighted by atomic mass is 15.2. The summed E-state index contributed by atoms with van der Waals surface area (Å²) in [4.78, 5) is 13.7. The van der Waals surface area contributed by atoms with Crippen LogP contribution in [0.5, 0.6) is 0 Å². The van der Waals surface area contributed by atoms with E-state index in [0.717, 1.165) is 23.6 Å². The summed E-state index contributed by atoms with van der Waals surface area (Å²) in [6.07, 6.45) is 2.78. The third-order valence-electron chi connectivity index (χ3n) is 4.24. The molecule has 3 aromatic rings. The number of nitrogens with zero attached hydrogens (tertiary/aromatic N) is 3. The minimum Gasteiger partial charge on any atom is -0.366 e. The molecule has 1 atom stereocenters. The van der Waals surface area contributed by atoms with Crippen LogP contribution in [0, 0.1) is 6.92 Å². The first-order chi connectivity index (χ1) is 12.6. The molecule has 1 aromatic carbocycles. The third-order valence-corrected chi connectivity index (χ3v) is 4.24. The molecule has 0 amide bonds. The Morgan fingerprint density at radius 1 is 1.00 bits per heavy atom. The van der Waals surface area contributed by atoms with Crippen molar-refractivity contribution in [3.63, 3.8) is 0 Å². The van der Waals surface area contributed by atoms with Crippen molar-refractivity contribution in [3.8, 4) is 11.4 Å². The molecular formula is C21H25N5. The van der Waals surface area contributed by atoms with Crippen molar-refractivity contribution >= 4 is 11.8 Å². The van der Waals surface area contributed by atoms with E-state index in [1.807, 2.05) is 24.3 Å². The molecule has 5 nitrogen and oxygen atoms in total. The molecule has 2 N–H and O–H groups in total. The van der Waals surface area contributed by atoms with E-state index in [2.05, 4.69) is 70.6 Å². The minimum absolute atomic E-state index is 0.305. The normalized spacial score (nSPS) is 11.8. The molecule has 2 aromatic heterocycles. The second kappa shape index (κ2) is 8.43. The van der Waals surface area contributed by atoms with Crippen LogP contribution in [0.15, 0.2) is 54.7 Å². The first-order valence-corrected chi connectivity index (χ1v) is 9.00. The van der Waals surface area contributed by atoms with Gasteiger partial charge in [-0.1, -0.05) is 42.8 Å². The van der Waals surface area contributed by atoms with Crippen LogP contribution < -0.4 is 10.6 Å². The quantitative estimate of drug-likeness (QED) is 0.650. The zero-order valence-electron chi connectivity index (χ0n) is 15.5. The summed E-state index contributed by atoms with van der Waals surface area (Å²) < 4.78 is 0. The van der Waals surface area contributed by atoms with E-state index in [9.17, 15) is 0 Å². The Hall–Kier alpha value is -2.95. The zero-order valence-corrected chi connectivity index (χ0v) is 15.5. The highest BCUT2D eigenvalue weighted by Crippen LogP contribution is 2.20. The summed E-state index contributed by atoms with van der Waals surface area (Å²) in [6, 6.07) is 16.6. The third kappa shape index (κ3) is 4.79. The van der Waals surface area contributed by atoms with Gasteiger partial charge < -0.3 is 10.6 Å². The van der Waals surface area contributed by atoms with Crippen LogP contribution in [0.3, 0.4) is 0 Å². The molecule has 134 valence electrons. The smallest absolute Gasteiger partial charge is 0.225 e. The summed E-state index contributed by atoms with van der Waals surface area (Å²) in [5.74, 6) is 1.40. The highest BCUT2D eigenvalue weighted by Gasteiger charge is 2.09. The molecule has 0 unspecified atom stereocenters. The number of nitrogens with one attached hydrogen (secondary N) is 2. The zero-order chi connectivity index (χ0) is 18.4. The lowest BCUT2D eigenvalue weighted by molar-refractivity contribution is 0.753. The first-order valence-electron chi connectivity index (χ1n) is 9.00. The van der Waals surface area contributed by atoms with Crippen LogP contribution in [0.4, 0.5) is 11.8 Å². The van der Waals surface area contributed by atoms with Gasteiger partial charge in [0.05, 0.1) is 11.4 Å². The Morgan fingerprint density at radius 3 is 2.50 bits per heavy atom. The molecule has 26 heavy (non-hydrogen) atoms. The van der Waals surface area contributed by atoms with Gasteiger partial charge in [0.2, 0.25) is 5.95 Å². The van der Waals surface area contributed by atoms with Crippen molar-refractivity contribution in [1.82, 2.24) is 15.0 Å². The van der Waals surface area contributed by atoms with Gasteiger partial charge in [0, 0.05) is 24.8 Å². The summed E-state index contributed by atoms with van der Waals surface area (Å²) in [7, 11) is 0. The molecule has 0 bridgehead atoms. The van der Waals surface area contributed by atoms with Crippen molar-refractivity contribution < 1.29 is 0 Å². The number of aryl methyl sites for hydroxylation is 1. The topological polar surface area (TPSA) is 62.7 Å². The van der Waals surface area contributed by atoms with Crippen LogP contribution in [0.1, 0.15) is 31.4 Å². The summed E-state index contributed by atoms with van der Waals surface area (Å²) in [5.41, 5.74) is 4.11. The molecule has 0 aliphatic heterocycles. The number of hydrogen-bond donors (Lipinski definition) is 2. The van der Waals surface area contributed by atoms with Crippen molar-refractivity contribution in [2.75, 3.05) is 10.6 Å². The average molecular weight is 347 g/mol. The summed E-state index contributed by atoms with van der Waals surface area (Å²) in [5, 5.41) is 6.76. The van der Waals surface area contributed by atoms with E-state index in [4.69, 9.17) is 0 Å². The van der Waals surface area contributed by atoms with Crippen LogP contribution in [-0.2, 0) is 6.54 Å². The fourth-order valence-electron chi connectivity index (χ4n) is 2.47. The molecule has 0 radical (unpaired) electrons. The Morgan fingerprint density at radius 2 is 1.81 bits per heavy atom. The van der Waals surface area contributed by atoms with E-state index in [-0.39, 0.29) is 0 Å². The van der Waals surface area contributed by atoms with E-state index in [0.29, 0.717) is 18.5 Å². The highest BCUT2D eigenvalue weighted by molar-refractivity contribution is 5.61. The van der Waals surface area contributed by atoms with Gasteiger partial charge in [-0.15, -0.1) is 0 Å².